The lowest BCUT2D eigenvalue weighted by Crippen LogP contribution is -2.12. The summed E-state index contributed by atoms with van der Waals surface area (Å²) < 4.78 is 11.6. The van der Waals surface area contributed by atoms with Crippen LogP contribution in [0.1, 0.15) is 18.7 Å². The average molecular weight is 695 g/mol. The van der Waals surface area contributed by atoms with Crippen LogP contribution in [0.3, 0.4) is 0 Å². The zero-order valence-corrected chi connectivity index (χ0v) is 29.6. The second-order valence-corrected chi connectivity index (χ2v) is 14.1. The predicted octanol–water partition coefficient (Wildman–Crippen LogP) is 12.4. The molecular weight excluding hydrogens is 661 g/mol. The zero-order valence-electron chi connectivity index (χ0n) is 29.6. The molecule has 1 aliphatic carbocycles. The van der Waals surface area contributed by atoms with Gasteiger partial charge in [0, 0.05) is 43.6 Å². The van der Waals surface area contributed by atoms with Gasteiger partial charge in [-0.05, 0) is 54.3 Å². The maximum Gasteiger partial charge on any atom is 0.145 e. The van der Waals surface area contributed by atoms with Gasteiger partial charge in [0.05, 0.1) is 38.9 Å². The molecule has 0 aliphatic heterocycles. The minimum Gasteiger partial charge on any atom is -0.455 e. The van der Waals surface area contributed by atoms with E-state index in [4.69, 9.17) is 15.1 Å². The molecule has 54 heavy (non-hydrogen) atoms. The molecule has 5 heteroatoms. The van der Waals surface area contributed by atoms with Gasteiger partial charge in [0.15, 0.2) is 0 Å². The number of furan rings is 1. The quantitative estimate of drug-likeness (QED) is 0.199. The average Bonchev–Trinajstić information content (AvgIpc) is 3.88. The molecule has 11 rings (SSSR count). The van der Waals surface area contributed by atoms with Crippen molar-refractivity contribution in [3.05, 3.63) is 181 Å². The molecule has 256 valence electrons. The van der Waals surface area contributed by atoms with Gasteiger partial charge >= 0.3 is 0 Å². The normalized spacial score (nSPS) is 15.6. The molecule has 1 unspecified atom stereocenters. The van der Waals surface area contributed by atoms with E-state index in [0.717, 1.165) is 77.3 Å². The molecule has 7 aromatic carbocycles. The highest BCUT2D eigenvalue weighted by atomic mass is 16.3. The number of hydrogen-bond donors (Lipinski definition) is 1. The van der Waals surface area contributed by atoms with Gasteiger partial charge in [0.2, 0.25) is 0 Å². The summed E-state index contributed by atoms with van der Waals surface area (Å²) in [6.45, 7) is 2.18. The third-order valence-corrected chi connectivity index (χ3v) is 11.1. The Labute approximate surface area is 310 Å². The Morgan fingerprint density at radius 1 is 0.593 bits per heavy atom. The van der Waals surface area contributed by atoms with Gasteiger partial charge < -0.3 is 19.3 Å². The van der Waals surface area contributed by atoms with Crippen LogP contribution in [0.25, 0.3) is 87.7 Å². The van der Waals surface area contributed by atoms with Crippen LogP contribution in [0.15, 0.2) is 185 Å². The molecular formula is C49H34N4O. The molecule has 0 amide bonds. The van der Waals surface area contributed by atoms with E-state index in [1.165, 1.54) is 21.5 Å². The lowest BCUT2D eigenvalue weighted by atomic mass is 9.99. The fourth-order valence-corrected chi connectivity index (χ4v) is 8.73. The Morgan fingerprint density at radius 2 is 1.30 bits per heavy atom. The van der Waals surface area contributed by atoms with Gasteiger partial charge in [0.1, 0.15) is 17.3 Å². The number of benzene rings is 7. The Bertz CT molecular complexity index is 3290. The summed E-state index contributed by atoms with van der Waals surface area (Å²) in [4.78, 5) is 5.51. The third kappa shape index (κ3) is 4.36. The van der Waals surface area contributed by atoms with Gasteiger partial charge in [0.25, 0.3) is 0 Å². The van der Waals surface area contributed by atoms with Crippen molar-refractivity contribution in [1.82, 2.24) is 9.13 Å². The molecule has 2 N–H and O–H groups in total. The van der Waals surface area contributed by atoms with E-state index < -0.39 is 0 Å². The molecule has 0 saturated heterocycles. The largest absolute Gasteiger partial charge is 0.455 e. The summed E-state index contributed by atoms with van der Waals surface area (Å²) in [6.07, 6.45) is 7.87. The van der Waals surface area contributed by atoms with Crippen molar-refractivity contribution in [2.75, 3.05) is 0 Å². The van der Waals surface area contributed by atoms with Crippen LogP contribution < -0.4 is 5.73 Å². The van der Waals surface area contributed by atoms with Crippen molar-refractivity contribution in [3.63, 3.8) is 0 Å². The molecule has 10 aromatic rings. The minimum absolute atomic E-state index is 0.318. The van der Waals surface area contributed by atoms with E-state index in [2.05, 4.69) is 137 Å². The van der Waals surface area contributed by atoms with Crippen molar-refractivity contribution >= 4 is 87.7 Å². The van der Waals surface area contributed by atoms with Gasteiger partial charge in [-0.25, -0.2) is 0 Å². The predicted molar refractivity (Wildman–Crippen MR) is 227 cm³/mol. The molecule has 1 atom stereocenters. The number of hydrogen-bond acceptors (Lipinski definition) is 3. The second-order valence-electron chi connectivity index (χ2n) is 14.1. The molecule has 3 aromatic heterocycles. The van der Waals surface area contributed by atoms with E-state index in [0.29, 0.717) is 5.70 Å². The summed E-state index contributed by atoms with van der Waals surface area (Å²) in [5.41, 5.74) is 17.7. The maximum atomic E-state index is 6.87. The van der Waals surface area contributed by atoms with Crippen LogP contribution >= 0.6 is 0 Å². The molecule has 0 radical (unpaired) electrons. The molecule has 0 fully saturated rings. The minimum atomic E-state index is -0.318. The zero-order chi connectivity index (χ0) is 35.9. The van der Waals surface area contributed by atoms with Crippen molar-refractivity contribution in [1.29, 1.82) is 0 Å². The van der Waals surface area contributed by atoms with Crippen molar-refractivity contribution in [2.45, 2.75) is 13.1 Å². The number of para-hydroxylation sites is 2. The van der Waals surface area contributed by atoms with Crippen LogP contribution in [-0.4, -0.2) is 14.8 Å². The smallest absolute Gasteiger partial charge is 0.145 e. The summed E-state index contributed by atoms with van der Waals surface area (Å²) >= 11 is 0. The van der Waals surface area contributed by atoms with Gasteiger partial charge in [-0.1, -0.05) is 133 Å². The lowest BCUT2D eigenvalue weighted by Gasteiger charge is -2.19. The number of nitrogens with zero attached hydrogens (tertiary/aromatic N) is 3. The first-order valence-corrected chi connectivity index (χ1v) is 18.4. The number of aromatic nitrogens is 2. The van der Waals surface area contributed by atoms with Crippen molar-refractivity contribution < 1.29 is 4.42 Å². The fraction of sp³-hybridized carbons (Fsp3) is 0.0408. The Morgan fingerprint density at radius 3 is 2.19 bits per heavy atom. The van der Waals surface area contributed by atoms with Crippen LogP contribution in [0.4, 0.5) is 0 Å². The van der Waals surface area contributed by atoms with E-state index in [9.17, 15) is 0 Å². The molecule has 0 saturated carbocycles. The summed E-state index contributed by atoms with van der Waals surface area (Å²) in [6, 6.07) is 51.4. The number of aliphatic imine (C=N–C) groups is 1. The highest BCUT2D eigenvalue weighted by Gasteiger charge is 2.26. The highest BCUT2D eigenvalue weighted by molar-refractivity contribution is 6.29. The van der Waals surface area contributed by atoms with Gasteiger partial charge in [-0.2, -0.15) is 0 Å². The highest BCUT2D eigenvalue weighted by Crippen LogP contribution is 2.46. The summed E-state index contributed by atoms with van der Waals surface area (Å²) in [7, 11) is 0. The monoisotopic (exact) mass is 694 g/mol. The van der Waals surface area contributed by atoms with E-state index in [1.807, 2.05) is 48.6 Å². The van der Waals surface area contributed by atoms with Crippen LogP contribution in [0.2, 0.25) is 0 Å². The SMILES string of the molecule is CC(N=C1C=CC=C/C1=C(/N)c1ccccc1)n1c2ccc3c4ccccc4oc3c2c2ccc3c4ccccc4n(-c4cccc5ccccc45)c3c21. The summed E-state index contributed by atoms with van der Waals surface area (Å²) in [5.74, 6) is 0. The lowest BCUT2D eigenvalue weighted by molar-refractivity contribution is 0.614. The Hall–Kier alpha value is -7.11. The topological polar surface area (TPSA) is 61.4 Å². The molecule has 3 heterocycles. The molecule has 0 bridgehead atoms. The molecule has 0 spiro atoms. The summed E-state index contributed by atoms with van der Waals surface area (Å²) in [5, 5.41) is 9.20. The van der Waals surface area contributed by atoms with E-state index in [-0.39, 0.29) is 6.17 Å². The van der Waals surface area contributed by atoms with Crippen LogP contribution in [0, 0.1) is 0 Å². The van der Waals surface area contributed by atoms with E-state index in [1.54, 1.807) is 0 Å². The first-order valence-electron chi connectivity index (χ1n) is 18.4. The van der Waals surface area contributed by atoms with Gasteiger partial charge in [-0.15, -0.1) is 0 Å². The van der Waals surface area contributed by atoms with Gasteiger partial charge in [-0.3, -0.25) is 4.99 Å². The fourth-order valence-electron chi connectivity index (χ4n) is 8.73. The number of rotatable bonds is 4. The standard InChI is InChI=1S/C49H34N4O/c1-30(51-40-22-10-7-21-38(40)46(50)32-15-3-2-4-16-32)52-43-29-28-37-35-20-9-12-25-44(35)54-49(37)45(43)39-27-26-36-34-19-8-11-23-42(34)53(47(36)48(39)52)41-24-13-17-31-14-5-6-18-33(31)41/h2-30H,50H2,1H3/b46-38-,51-40?. The third-order valence-electron chi connectivity index (χ3n) is 11.1. The molecule has 5 nitrogen and oxygen atoms in total. The van der Waals surface area contributed by atoms with E-state index >= 15 is 0 Å². The van der Waals surface area contributed by atoms with Crippen molar-refractivity contribution in [2.24, 2.45) is 10.7 Å². The van der Waals surface area contributed by atoms with Crippen LogP contribution in [0.5, 0.6) is 0 Å². The Kier molecular flexibility index (Phi) is 6.61. The second kappa shape index (κ2) is 11.7. The maximum absolute atomic E-state index is 6.87. The number of fused-ring (bicyclic) bond motifs is 12. The number of allylic oxidation sites excluding steroid dienone is 5. The first kappa shape index (κ1) is 30.5. The van der Waals surface area contributed by atoms with Crippen molar-refractivity contribution in [3.8, 4) is 5.69 Å². The Balaban J connectivity index is 1.29. The first-order chi connectivity index (χ1) is 26.7. The number of nitrogens with two attached hydrogens (primary N) is 1. The van der Waals surface area contributed by atoms with Crippen LogP contribution in [-0.2, 0) is 0 Å². The molecule has 1 aliphatic rings.